The Bertz CT molecular complexity index is 866. The van der Waals surface area contributed by atoms with Crippen LogP contribution >= 0.6 is 15.9 Å². The van der Waals surface area contributed by atoms with E-state index in [4.69, 9.17) is 0 Å². The zero-order chi connectivity index (χ0) is 15.9. The van der Waals surface area contributed by atoms with Gasteiger partial charge in [0.25, 0.3) is 5.91 Å². The van der Waals surface area contributed by atoms with Gasteiger partial charge in [-0.15, -0.1) is 0 Å². The van der Waals surface area contributed by atoms with Gasteiger partial charge in [0.1, 0.15) is 5.82 Å². The van der Waals surface area contributed by atoms with Gasteiger partial charge in [0.2, 0.25) is 0 Å². The summed E-state index contributed by atoms with van der Waals surface area (Å²) in [4.78, 5) is 16.5. The van der Waals surface area contributed by atoms with Crippen LogP contribution in [0.5, 0.6) is 0 Å². The minimum absolute atomic E-state index is 0.155. The second-order valence-corrected chi connectivity index (χ2v) is 6.23. The fourth-order valence-corrected chi connectivity index (χ4v) is 2.77. The number of rotatable bonds is 2. The highest BCUT2D eigenvalue weighted by Crippen LogP contribution is 2.25. The Morgan fingerprint density at radius 3 is 2.68 bits per heavy atom. The van der Waals surface area contributed by atoms with Crippen LogP contribution in [0, 0.1) is 13.8 Å². The van der Waals surface area contributed by atoms with E-state index in [0.717, 1.165) is 15.4 Å². The molecule has 0 radical (unpaired) electrons. The van der Waals surface area contributed by atoms with E-state index >= 15 is 0 Å². The quantitative estimate of drug-likeness (QED) is 0.746. The maximum absolute atomic E-state index is 12.4. The van der Waals surface area contributed by atoms with E-state index < -0.39 is 0 Å². The first-order chi connectivity index (χ1) is 10.5. The molecule has 0 spiro atoms. The molecule has 0 unspecified atom stereocenters. The molecule has 0 saturated carbocycles. The van der Waals surface area contributed by atoms with Crippen LogP contribution in [-0.2, 0) is 7.05 Å². The number of fused-ring (bicyclic) bond motifs is 1. The van der Waals surface area contributed by atoms with Gasteiger partial charge < -0.3 is 9.88 Å². The van der Waals surface area contributed by atoms with Crippen LogP contribution in [0.15, 0.2) is 41.0 Å². The zero-order valence-corrected chi connectivity index (χ0v) is 14.2. The van der Waals surface area contributed by atoms with Crippen molar-refractivity contribution >= 4 is 38.6 Å². The Hall–Kier alpha value is -2.14. The number of halogens is 1. The molecule has 0 aliphatic carbocycles. The summed E-state index contributed by atoms with van der Waals surface area (Å²) in [5.74, 6) is 0.381. The SMILES string of the molecule is Cc1c(C)n(C)c2ccc(C(=O)Nc3ccc(Br)cn3)cc12. The summed E-state index contributed by atoms with van der Waals surface area (Å²) in [6, 6.07) is 9.37. The number of nitrogens with zero attached hydrogens (tertiary/aromatic N) is 2. The minimum Gasteiger partial charge on any atom is -0.348 e. The van der Waals surface area contributed by atoms with E-state index in [-0.39, 0.29) is 5.91 Å². The Morgan fingerprint density at radius 1 is 1.23 bits per heavy atom. The Kier molecular flexibility index (Phi) is 3.74. The van der Waals surface area contributed by atoms with Crippen molar-refractivity contribution in [2.75, 3.05) is 5.32 Å². The van der Waals surface area contributed by atoms with Crippen molar-refractivity contribution in [3.05, 3.63) is 57.8 Å². The maximum atomic E-state index is 12.4. The second kappa shape index (κ2) is 5.57. The minimum atomic E-state index is -0.155. The maximum Gasteiger partial charge on any atom is 0.256 e. The molecule has 0 aliphatic heterocycles. The molecule has 0 saturated heterocycles. The van der Waals surface area contributed by atoms with Gasteiger partial charge in [0.05, 0.1) is 0 Å². The van der Waals surface area contributed by atoms with Gasteiger partial charge in [-0.25, -0.2) is 4.98 Å². The van der Waals surface area contributed by atoms with Crippen LogP contribution in [0.1, 0.15) is 21.6 Å². The number of aryl methyl sites for hydroxylation is 2. The summed E-state index contributed by atoms with van der Waals surface area (Å²) in [6.07, 6.45) is 1.66. The summed E-state index contributed by atoms with van der Waals surface area (Å²) in [7, 11) is 2.04. The summed E-state index contributed by atoms with van der Waals surface area (Å²) in [5.41, 5.74) is 4.18. The van der Waals surface area contributed by atoms with Gasteiger partial charge in [0, 0.05) is 39.9 Å². The van der Waals surface area contributed by atoms with Gasteiger partial charge in [-0.3, -0.25) is 4.79 Å². The number of carbonyl (C=O) groups is 1. The molecule has 2 heterocycles. The van der Waals surface area contributed by atoms with Crippen LogP contribution in [0.25, 0.3) is 10.9 Å². The number of carbonyl (C=O) groups excluding carboxylic acids is 1. The summed E-state index contributed by atoms with van der Waals surface area (Å²) < 4.78 is 3.02. The Labute approximate surface area is 137 Å². The molecule has 1 aromatic carbocycles. The van der Waals surface area contributed by atoms with Gasteiger partial charge >= 0.3 is 0 Å². The van der Waals surface area contributed by atoms with E-state index in [1.807, 2.05) is 31.3 Å². The number of aromatic nitrogens is 2. The van der Waals surface area contributed by atoms with Crippen molar-refractivity contribution in [2.24, 2.45) is 7.05 Å². The third-order valence-electron chi connectivity index (χ3n) is 4.04. The number of anilines is 1. The largest absolute Gasteiger partial charge is 0.348 e. The number of nitrogens with one attached hydrogen (secondary N) is 1. The molecule has 0 bridgehead atoms. The van der Waals surface area contributed by atoms with Crippen molar-refractivity contribution in [2.45, 2.75) is 13.8 Å². The molecule has 2 aromatic heterocycles. The van der Waals surface area contributed by atoms with Crippen LogP contribution in [0.2, 0.25) is 0 Å². The summed E-state index contributed by atoms with van der Waals surface area (Å²) in [6.45, 7) is 4.16. The molecule has 0 atom stereocenters. The number of hydrogen-bond donors (Lipinski definition) is 1. The summed E-state index contributed by atoms with van der Waals surface area (Å²) >= 11 is 3.32. The standard InChI is InChI=1S/C17H16BrN3O/c1-10-11(2)21(3)15-6-4-12(8-14(10)15)17(22)20-16-7-5-13(18)9-19-16/h4-9H,1-3H3,(H,19,20,22). The van der Waals surface area contributed by atoms with Crippen molar-refractivity contribution in [3.63, 3.8) is 0 Å². The van der Waals surface area contributed by atoms with Crippen LogP contribution in [0.3, 0.4) is 0 Å². The lowest BCUT2D eigenvalue weighted by Crippen LogP contribution is -2.12. The first kappa shape index (κ1) is 14.8. The normalized spacial score (nSPS) is 10.9. The van der Waals surface area contributed by atoms with Crippen LogP contribution < -0.4 is 5.32 Å². The van der Waals surface area contributed by atoms with E-state index in [0.29, 0.717) is 11.4 Å². The highest BCUT2D eigenvalue weighted by atomic mass is 79.9. The first-order valence-corrected chi connectivity index (χ1v) is 7.75. The molecule has 4 nitrogen and oxygen atoms in total. The first-order valence-electron chi connectivity index (χ1n) is 6.96. The Balaban J connectivity index is 1.94. The van der Waals surface area contributed by atoms with Crippen molar-refractivity contribution in [1.82, 2.24) is 9.55 Å². The molecular formula is C17H16BrN3O. The van der Waals surface area contributed by atoms with Crippen LogP contribution in [0.4, 0.5) is 5.82 Å². The van der Waals surface area contributed by atoms with Gasteiger partial charge in [-0.2, -0.15) is 0 Å². The predicted molar refractivity (Wildman–Crippen MR) is 92.3 cm³/mol. The van der Waals surface area contributed by atoms with Gasteiger partial charge in [0.15, 0.2) is 0 Å². The number of benzene rings is 1. The van der Waals surface area contributed by atoms with Crippen LogP contribution in [-0.4, -0.2) is 15.5 Å². The number of amides is 1. The molecule has 3 rings (SSSR count). The monoisotopic (exact) mass is 357 g/mol. The highest BCUT2D eigenvalue weighted by molar-refractivity contribution is 9.10. The fraction of sp³-hybridized carbons (Fsp3) is 0.176. The van der Waals surface area contributed by atoms with Crippen molar-refractivity contribution in [1.29, 1.82) is 0 Å². The van der Waals surface area contributed by atoms with E-state index in [1.165, 1.54) is 11.3 Å². The van der Waals surface area contributed by atoms with Crippen molar-refractivity contribution in [3.8, 4) is 0 Å². The van der Waals surface area contributed by atoms with Gasteiger partial charge in [-0.1, -0.05) is 0 Å². The van der Waals surface area contributed by atoms with Gasteiger partial charge in [-0.05, 0) is 65.7 Å². The molecule has 3 aromatic rings. The second-order valence-electron chi connectivity index (χ2n) is 5.32. The lowest BCUT2D eigenvalue weighted by Gasteiger charge is -2.05. The van der Waals surface area contributed by atoms with Crippen molar-refractivity contribution < 1.29 is 4.79 Å². The third kappa shape index (κ3) is 2.52. The third-order valence-corrected chi connectivity index (χ3v) is 4.51. The Morgan fingerprint density at radius 2 is 2.00 bits per heavy atom. The van der Waals surface area contributed by atoms with E-state index in [2.05, 4.69) is 44.6 Å². The summed E-state index contributed by atoms with van der Waals surface area (Å²) in [5, 5.41) is 3.92. The molecule has 0 fully saturated rings. The molecule has 0 aliphatic rings. The number of pyridine rings is 1. The predicted octanol–water partition coefficient (Wildman–Crippen LogP) is 4.20. The fourth-order valence-electron chi connectivity index (χ4n) is 2.54. The van der Waals surface area contributed by atoms with E-state index in [9.17, 15) is 4.79 Å². The zero-order valence-electron chi connectivity index (χ0n) is 12.6. The smallest absolute Gasteiger partial charge is 0.256 e. The lowest BCUT2D eigenvalue weighted by atomic mass is 10.1. The molecule has 112 valence electrons. The number of hydrogen-bond acceptors (Lipinski definition) is 2. The molecule has 1 amide bonds. The molecular weight excluding hydrogens is 342 g/mol. The average Bonchev–Trinajstić information content (AvgIpc) is 2.74. The average molecular weight is 358 g/mol. The topological polar surface area (TPSA) is 46.9 Å². The molecule has 1 N–H and O–H groups in total. The van der Waals surface area contributed by atoms with E-state index in [1.54, 1.807) is 12.3 Å². The molecule has 5 heteroatoms. The highest BCUT2D eigenvalue weighted by Gasteiger charge is 2.12. The lowest BCUT2D eigenvalue weighted by molar-refractivity contribution is 0.102. The molecule has 22 heavy (non-hydrogen) atoms.